The van der Waals surface area contributed by atoms with Gasteiger partial charge in [0.25, 0.3) is 5.56 Å². The third kappa shape index (κ3) is 4.97. The Morgan fingerprint density at radius 1 is 1.03 bits per heavy atom. The summed E-state index contributed by atoms with van der Waals surface area (Å²) in [6, 6.07) is 11.8. The summed E-state index contributed by atoms with van der Waals surface area (Å²) in [6.07, 6.45) is 5.43. The molecule has 1 amide bonds. The molecule has 1 aromatic heterocycles. The third-order valence-corrected chi connectivity index (χ3v) is 8.51. The number of ether oxygens (including phenoxy) is 1. The predicted octanol–water partition coefficient (Wildman–Crippen LogP) is 4.96. The normalized spacial score (nSPS) is 17.5. The van der Waals surface area contributed by atoms with Gasteiger partial charge in [-0.3, -0.25) is 19.2 Å². The van der Waals surface area contributed by atoms with E-state index in [4.69, 9.17) is 16.3 Å². The first-order valence-electron chi connectivity index (χ1n) is 13.3. The largest absolute Gasteiger partial charge is 0.385 e. The van der Waals surface area contributed by atoms with Gasteiger partial charge >= 0.3 is 0 Å². The number of ketones is 2. The van der Waals surface area contributed by atoms with Crippen molar-refractivity contribution >= 4 is 34.8 Å². The van der Waals surface area contributed by atoms with Crippen LogP contribution in [0.25, 0.3) is 11.1 Å². The summed E-state index contributed by atoms with van der Waals surface area (Å²) < 4.78 is 6.68. The molecule has 1 aliphatic heterocycles. The van der Waals surface area contributed by atoms with Gasteiger partial charge in [0.05, 0.1) is 12.5 Å². The summed E-state index contributed by atoms with van der Waals surface area (Å²) in [5, 5.41) is 3.34. The maximum Gasteiger partial charge on any atom is 0.251 e. The van der Waals surface area contributed by atoms with Gasteiger partial charge in [-0.1, -0.05) is 29.8 Å². The molecule has 2 aliphatic carbocycles. The van der Waals surface area contributed by atoms with Crippen molar-refractivity contribution in [1.29, 1.82) is 0 Å². The lowest BCUT2D eigenvalue weighted by Crippen LogP contribution is -2.32. The molecule has 1 fully saturated rings. The molecule has 1 atom stereocenters. The zero-order chi connectivity index (χ0) is 27.3. The molecular formula is C31H29ClN2O5. The minimum atomic E-state index is -0.803. The van der Waals surface area contributed by atoms with Crippen LogP contribution in [-0.4, -0.2) is 35.8 Å². The summed E-state index contributed by atoms with van der Waals surface area (Å²) >= 11 is 6.35. The molecular weight excluding hydrogens is 516 g/mol. The maximum absolute atomic E-state index is 13.7. The van der Waals surface area contributed by atoms with Crippen LogP contribution in [0.3, 0.4) is 0 Å². The van der Waals surface area contributed by atoms with Crippen molar-refractivity contribution in [2.75, 3.05) is 19.0 Å². The molecule has 1 saturated carbocycles. The molecule has 7 nitrogen and oxygen atoms in total. The minimum absolute atomic E-state index is 0.0180. The van der Waals surface area contributed by atoms with Crippen molar-refractivity contribution in [3.63, 3.8) is 0 Å². The Balaban J connectivity index is 1.40. The SMILES string of the molecule is COCCC(C(=O)Cc1ccc2c(c1)CC(=O)N2)n1cc2c(cc1=O)-c1cc(Cl)ccc1CC1(CC1)CC2=O. The summed E-state index contributed by atoms with van der Waals surface area (Å²) in [5.41, 5.74) is 4.89. The first-order chi connectivity index (χ1) is 18.7. The van der Waals surface area contributed by atoms with Gasteiger partial charge < -0.3 is 14.6 Å². The van der Waals surface area contributed by atoms with Gasteiger partial charge in [-0.2, -0.15) is 0 Å². The molecule has 39 heavy (non-hydrogen) atoms. The van der Waals surface area contributed by atoms with Crippen LogP contribution in [0.4, 0.5) is 5.69 Å². The molecule has 3 aliphatic rings. The summed E-state index contributed by atoms with van der Waals surface area (Å²) in [4.78, 5) is 52.6. The average Bonchev–Trinajstić information content (AvgIpc) is 3.54. The highest BCUT2D eigenvalue weighted by molar-refractivity contribution is 6.31. The first kappa shape index (κ1) is 25.7. The second-order valence-electron chi connectivity index (χ2n) is 11.1. The molecule has 2 heterocycles. The van der Waals surface area contributed by atoms with E-state index in [0.717, 1.165) is 47.2 Å². The molecule has 2 aromatic carbocycles. The Morgan fingerprint density at radius 2 is 1.85 bits per heavy atom. The molecule has 1 unspecified atom stereocenters. The zero-order valence-corrected chi connectivity index (χ0v) is 22.5. The molecule has 6 rings (SSSR count). The number of rotatable bonds is 7. The first-order valence-corrected chi connectivity index (χ1v) is 13.6. The van der Waals surface area contributed by atoms with E-state index >= 15 is 0 Å². The number of fused-ring (bicyclic) bond motifs is 4. The van der Waals surface area contributed by atoms with E-state index in [9.17, 15) is 19.2 Å². The van der Waals surface area contributed by atoms with Crippen LogP contribution in [0.15, 0.2) is 53.5 Å². The van der Waals surface area contributed by atoms with Gasteiger partial charge in [0.15, 0.2) is 11.6 Å². The van der Waals surface area contributed by atoms with E-state index in [2.05, 4.69) is 5.32 Å². The number of pyridine rings is 1. The van der Waals surface area contributed by atoms with Crippen LogP contribution < -0.4 is 10.9 Å². The number of carbonyl (C=O) groups excluding carboxylic acids is 3. The number of nitrogens with zero attached hydrogens (tertiary/aromatic N) is 1. The lowest BCUT2D eigenvalue weighted by atomic mass is 9.81. The fraction of sp³-hybridized carbons (Fsp3) is 0.355. The number of benzene rings is 2. The summed E-state index contributed by atoms with van der Waals surface area (Å²) in [5.74, 6) is -0.248. The van der Waals surface area contributed by atoms with Crippen LogP contribution in [0, 0.1) is 5.41 Å². The number of anilines is 1. The number of hydrogen-bond acceptors (Lipinski definition) is 5. The fourth-order valence-corrected chi connectivity index (χ4v) is 6.19. The van der Waals surface area contributed by atoms with Crippen LogP contribution >= 0.6 is 11.6 Å². The number of aromatic nitrogens is 1. The van der Waals surface area contributed by atoms with Crippen LogP contribution in [-0.2, 0) is 33.6 Å². The number of nitrogens with one attached hydrogen (secondary N) is 1. The maximum atomic E-state index is 13.7. The van der Waals surface area contributed by atoms with Gasteiger partial charge in [-0.25, -0.2) is 0 Å². The summed E-state index contributed by atoms with van der Waals surface area (Å²) in [7, 11) is 1.55. The van der Waals surface area contributed by atoms with Crippen molar-refractivity contribution in [3.8, 4) is 11.1 Å². The van der Waals surface area contributed by atoms with Crippen molar-refractivity contribution in [2.45, 2.75) is 51.0 Å². The van der Waals surface area contributed by atoms with E-state index in [1.54, 1.807) is 19.4 Å². The van der Waals surface area contributed by atoms with E-state index < -0.39 is 6.04 Å². The van der Waals surface area contributed by atoms with Gasteiger partial charge in [-0.15, -0.1) is 0 Å². The zero-order valence-electron chi connectivity index (χ0n) is 21.7. The standard InChI is InChI=1S/C31H29ClN2O5/c1-39-9-6-26(27(35)11-18-2-5-25-20(10-18)12-29(37)33-25)34-17-24-23(14-30(34)38)22-13-21(32)4-3-19(22)15-31(7-8-31)16-28(24)36/h2-5,10,13-14,17,26H,6-9,11-12,15-16H2,1H3,(H,33,37). The number of amides is 1. The molecule has 1 N–H and O–H groups in total. The molecule has 200 valence electrons. The van der Waals surface area contributed by atoms with E-state index in [0.29, 0.717) is 29.0 Å². The fourth-order valence-electron chi connectivity index (χ4n) is 6.02. The molecule has 3 aromatic rings. The highest BCUT2D eigenvalue weighted by Crippen LogP contribution is 2.54. The molecule has 1 spiro atoms. The Kier molecular flexibility index (Phi) is 6.52. The van der Waals surface area contributed by atoms with Gasteiger partial charge in [-0.05, 0) is 77.1 Å². The Hall–Kier alpha value is -3.55. The lowest BCUT2D eigenvalue weighted by molar-refractivity contribution is -0.122. The van der Waals surface area contributed by atoms with Crippen LogP contribution in [0.1, 0.15) is 58.8 Å². The monoisotopic (exact) mass is 544 g/mol. The number of halogens is 1. The van der Waals surface area contributed by atoms with Crippen LogP contribution in [0.5, 0.6) is 0 Å². The Labute approximate surface area is 231 Å². The molecule has 8 heteroatoms. The van der Waals surface area contributed by atoms with E-state index in [1.165, 1.54) is 10.6 Å². The van der Waals surface area contributed by atoms with E-state index in [1.807, 2.05) is 30.3 Å². The number of Topliss-reactive ketones (excluding diaryl/α,β-unsaturated/α-hetero) is 2. The number of methoxy groups -OCH3 is 1. The van der Waals surface area contributed by atoms with Gasteiger partial charge in [0.2, 0.25) is 5.91 Å². The highest BCUT2D eigenvalue weighted by Gasteiger charge is 2.46. The number of carbonyl (C=O) groups is 3. The van der Waals surface area contributed by atoms with Crippen LogP contribution in [0.2, 0.25) is 5.02 Å². The third-order valence-electron chi connectivity index (χ3n) is 8.28. The van der Waals surface area contributed by atoms with Gasteiger partial charge in [0, 0.05) is 55.1 Å². The topological polar surface area (TPSA) is 94.5 Å². The molecule has 0 bridgehead atoms. The Bertz CT molecular complexity index is 1590. The minimum Gasteiger partial charge on any atom is -0.385 e. The lowest BCUT2D eigenvalue weighted by Gasteiger charge is -2.25. The second-order valence-corrected chi connectivity index (χ2v) is 11.5. The van der Waals surface area contributed by atoms with Crippen molar-refractivity contribution in [2.24, 2.45) is 5.41 Å². The molecule has 0 saturated heterocycles. The highest BCUT2D eigenvalue weighted by atomic mass is 35.5. The van der Waals surface area contributed by atoms with Crippen molar-refractivity contribution in [1.82, 2.24) is 4.57 Å². The Morgan fingerprint density at radius 3 is 2.62 bits per heavy atom. The molecule has 0 radical (unpaired) electrons. The van der Waals surface area contributed by atoms with Crippen molar-refractivity contribution < 1.29 is 19.1 Å². The predicted molar refractivity (Wildman–Crippen MR) is 148 cm³/mol. The number of hydrogen-bond donors (Lipinski definition) is 1. The second kappa shape index (κ2) is 9.88. The average molecular weight is 545 g/mol. The quantitative estimate of drug-likeness (QED) is 0.453. The smallest absolute Gasteiger partial charge is 0.251 e. The van der Waals surface area contributed by atoms with Crippen molar-refractivity contribution in [3.05, 3.63) is 86.3 Å². The summed E-state index contributed by atoms with van der Waals surface area (Å²) in [6.45, 7) is 0.276. The van der Waals surface area contributed by atoms with E-state index in [-0.39, 0.29) is 47.9 Å². The van der Waals surface area contributed by atoms with Gasteiger partial charge in [0.1, 0.15) is 0 Å².